The number of benzene rings is 2. The molecule has 0 aliphatic rings. The summed E-state index contributed by atoms with van der Waals surface area (Å²) in [5.74, 6) is -2.45. The first-order valence-corrected chi connectivity index (χ1v) is 8.67. The van der Waals surface area contributed by atoms with Crippen molar-refractivity contribution < 1.29 is 29.3 Å². The molecule has 2 atom stereocenters. The zero-order chi connectivity index (χ0) is 20.7. The van der Waals surface area contributed by atoms with Crippen LogP contribution in [-0.4, -0.2) is 46.8 Å². The number of hydrogen-bond donors (Lipinski definition) is 4. The van der Waals surface area contributed by atoms with Crippen molar-refractivity contribution >= 4 is 29.2 Å². The first kappa shape index (κ1) is 20.9. The number of anilines is 2. The molecule has 0 fully saturated rings. The lowest BCUT2D eigenvalue weighted by atomic mass is 10.1. The highest BCUT2D eigenvalue weighted by molar-refractivity contribution is 5.97. The van der Waals surface area contributed by atoms with E-state index in [1.165, 1.54) is 36.4 Å². The second kappa shape index (κ2) is 9.52. The van der Waals surface area contributed by atoms with Crippen LogP contribution in [0, 0.1) is 0 Å². The highest BCUT2D eigenvalue weighted by atomic mass is 16.5. The molecule has 8 nitrogen and oxygen atoms in total. The number of carboxylic acids is 2. The van der Waals surface area contributed by atoms with Crippen LogP contribution < -0.4 is 10.6 Å². The maximum Gasteiger partial charge on any atom is 0.335 e. The molecule has 2 aromatic carbocycles. The molecule has 28 heavy (non-hydrogen) atoms. The smallest absolute Gasteiger partial charge is 0.335 e. The summed E-state index contributed by atoms with van der Waals surface area (Å²) in [5, 5.41) is 23.7. The Bertz CT molecular complexity index is 833. The molecule has 8 heteroatoms. The molecular weight excluding hydrogens is 364 g/mol. The Morgan fingerprint density at radius 1 is 0.893 bits per heavy atom. The summed E-state index contributed by atoms with van der Waals surface area (Å²) >= 11 is 0. The number of carbonyl (C=O) groups excluding carboxylic acids is 1. The van der Waals surface area contributed by atoms with E-state index in [4.69, 9.17) is 14.9 Å². The largest absolute Gasteiger partial charge is 0.478 e. The molecule has 4 N–H and O–H groups in total. The molecule has 0 bridgehead atoms. The van der Waals surface area contributed by atoms with Crippen molar-refractivity contribution in [1.29, 1.82) is 0 Å². The fraction of sp³-hybridized carbons (Fsp3) is 0.250. The highest BCUT2D eigenvalue weighted by Crippen LogP contribution is 2.16. The third-order valence-corrected chi connectivity index (χ3v) is 4.03. The topological polar surface area (TPSA) is 125 Å². The molecule has 0 aliphatic carbocycles. The Labute approximate surface area is 162 Å². The third-order valence-electron chi connectivity index (χ3n) is 4.03. The molecule has 2 rings (SSSR count). The van der Waals surface area contributed by atoms with E-state index in [1.807, 2.05) is 6.92 Å². The van der Waals surface area contributed by atoms with Gasteiger partial charge >= 0.3 is 11.9 Å². The first-order valence-electron chi connectivity index (χ1n) is 8.67. The van der Waals surface area contributed by atoms with E-state index in [-0.39, 0.29) is 17.0 Å². The fourth-order valence-corrected chi connectivity index (χ4v) is 2.56. The standard InChI is InChI=1S/C20H22N2O6/c1-3-28-12(2)17(21-15-8-4-13(5-9-15)19(24)25)18(23)22-16-10-6-14(7-11-16)20(26)27/h4-12,17,21H,3H2,1-2H3,(H,22,23)(H,24,25)(H,26,27)/t12-,17-/m0/s1. The van der Waals surface area contributed by atoms with Gasteiger partial charge in [-0.25, -0.2) is 9.59 Å². The number of aromatic carboxylic acids is 2. The fourth-order valence-electron chi connectivity index (χ4n) is 2.56. The van der Waals surface area contributed by atoms with Crippen molar-refractivity contribution in [2.75, 3.05) is 17.2 Å². The van der Waals surface area contributed by atoms with Gasteiger partial charge in [0.1, 0.15) is 6.04 Å². The monoisotopic (exact) mass is 386 g/mol. The van der Waals surface area contributed by atoms with Crippen molar-refractivity contribution in [3.8, 4) is 0 Å². The molecule has 0 saturated heterocycles. The summed E-state index contributed by atoms with van der Waals surface area (Å²) in [4.78, 5) is 34.6. The second-order valence-electron chi connectivity index (χ2n) is 6.04. The van der Waals surface area contributed by atoms with Crippen LogP contribution in [0.4, 0.5) is 11.4 Å². The number of rotatable bonds is 9. The lowest BCUT2D eigenvalue weighted by Crippen LogP contribution is -2.44. The van der Waals surface area contributed by atoms with Crippen LogP contribution in [0.3, 0.4) is 0 Å². The predicted octanol–water partition coefficient (Wildman–Crippen LogP) is 2.93. The van der Waals surface area contributed by atoms with Crippen LogP contribution in [0.25, 0.3) is 0 Å². The van der Waals surface area contributed by atoms with E-state index >= 15 is 0 Å². The second-order valence-corrected chi connectivity index (χ2v) is 6.04. The van der Waals surface area contributed by atoms with E-state index in [0.717, 1.165) is 0 Å². The van der Waals surface area contributed by atoms with E-state index < -0.39 is 24.1 Å². The Balaban J connectivity index is 2.15. The van der Waals surface area contributed by atoms with Crippen LogP contribution in [0.5, 0.6) is 0 Å². The molecule has 0 saturated carbocycles. The van der Waals surface area contributed by atoms with Gasteiger partial charge in [0.05, 0.1) is 17.2 Å². The molecule has 0 spiro atoms. The summed E-state index contributed by atoms with van der Waals surface area (Å²) in [5.41, 5.74) is 1.28. The molecule has 1 amide bonds. The van der Waals surface area contributed by atoms with E-state index in [0.29, 0.717) is 18.0 Å². The van der Waals surface area contributed by atoms with Crippen LogP contribution >= 0.6 is 0 Å². The molecule has 0 aromatic heterocycles. The third kappa shape index (κ3) is 5.55. The van der Waals surface area contributed by atoms with Crippen LogP contribution in [-0.2, 0) is 9.53 Å². The number of hydrogen-bond acceptors (Lipinski definition) is 5. The quantitative estimate of drug-likeness (QED) is 0.522. The van der Waals surface area contributed by atoms with E-state index in [1.54, 1.807) is 19.1 Å². The van der Waals surface area contributed by atoms with E-state index in [9.17, 15) is 14.4 Å². The average molecular weight is 386 g/mol. The Morgan fingerprint density at radius 3 is 1.79 bits per heavy atom. The van der Waals surface area contributed by atoms with Gasteiger partial charge in [-0.2, -0.15) is 0 Å². The lowest BCUT2D eigenvalue weighted by Gasteiger charge is -2.25. The summed E-state index contributed by atoms with van der Waals surface area (Å²) in [6, 6.07) is 11.1. The van der Waals surface area contributed by atoms with Crippen molar-refractivity contribution in [3.05, 3.63) is 59.7 Å². The number of carbonyl (C=O) groups is 3. The molecule has 0 heterocycles. The summed E-state index contributed by atoms with van der Waals surface area (Å²) < 4.78 is 5.55. The minimum atomic E-state index is -1.05. The maximum absolute atomic E-state index is 12.8. The minimum absolute atomic E-state index is 0.119. The SMILES string of the molecule is CCO[C@@H](C)[C@H](Nc1ccc(C(=O)O)cc1)C(=O)Nc1ccc(C(=O)O)cc1. The molecule has 0 radical (unpaired) electrons. The maximum atomic E-state index is 12.8. The van der Waals surface area contributed by atoms with Gasteiger partial charge in [-0.3, -0.25) is 4.79 Å². The Hall–Kier alpha value is -3.39. The van der Waals surface area contributed by atoms with Crippen molar-refractivity contribution in [3.63, 3.8) is 0 Å². The Kier molecular flexibility index (Phi) is 7.11. The van der Waals surface area contributed by atoms with Crippen LogP contribution in [0.15, 0.2) is 48.5 Å². The zero-order valence-corrected chi connectivity index (χ0v) is 15.5. The van der Waals surface area contributed by atoms with Gasteiger partial charge in [-0.1, -0.05) is 0 Å². The number of carboxylic acid groups (broad SMARTS) is 2. The molecular formula is C20H22N2O6. The molecule has 0 unspecified atom stereocenters. The van der Waals surface area contributed by atoms with Gasteiger partial charge in [-0.15, -0.1) is 0 Å². The zero-order valence-electron chi connectivity index (χ0n) is 15.5. The summed E-state index contributed by atoms with van der Waals surface area (Å²) in [7, 11) is 0. The minimum Gasteiger partial charge on any atom is -0.478 e. The molecule has 0 aliphatic heterocycles. The first-order chi connectivity index (χ1) is 13.3. The summed E-state index contributed by atoms with van der Waals surface area (Å²) in [6.45, 7) is 3.98. The number of nitrogens with one attached hydrogen (secondary N) is 2. The van der Waals surface area contributed by atoms with E-state index in [2.05, 4.69) is 10.6 Å². The lowest BCUT2D eigenvalue weighted by molar-refractivity contribution is -0.119. The molecule has 148 valence electrons. The van der Waals surface area contributed by atoms with Crippen LogP contribution in [0.2, 0.25) is 0 Å². The van der Waals surface area contributed by atoms with Gasteiger partial charge < -0.3 is 25.6 Å². The average Bonchev–Trinajstić information content (AvgIpc) is 2.66. The normalized spacial score (nSPS) is 12.6. The number of amides is 1. The summed E-state index contributed by atoms with van der Waals surface area (Å²) in [6.07, 6.45) is -0.470. The van der Waals surface area contributed by atoms with Gasteiger partial charge in [0.2, 0.25) is 5.91 Å². The Morgan fingerprint density at radius 2 is 1.36 bits per heavy atom. The van der Waals surface area contributed by atoms with Crippen molar-refractivity contribution in [2.45, 2.75) is 26.0 Å². The van der Waals surface area contributed by atoms with Gasteiger partial charge in [0, 0.05) is 18.0 Å². The van der Waals surface area contributed by atoms with Crippen molar-refractivity contribution in [1.82, 2.24) is 0 Å². The highest BCUT2D eigenvalue weighted by Gasteiger charge is 2.26. The van der Waals surface area contributed by atoms with Crippen molar-refractivity contribution in [2.24, 2.45) is 0 Å². The molecule has 2 aromatic rings. The van der Waals surface area contributed by atoms with Crippen LogP contribution in [0.1, 0.15) is 34.6 Å². The van der Waals surface area contributed by atoms with Gasteiger partial charge in [-0.05, 0) is 62.4 Å². The van der Waals surface area contributed by atoms with Gasteiger partial charge in [0.15, 0.2) is 0 Å². The van der Waals surface area contributed by atoms with Gasteiger partial charge in [0.25, 0.3) is 0 Å². The number of ether oxygens (including phenoxy) is 1. The predicted molar refractivity (Wildman–Crippen MR) is 104 cm³/mol.